The summed E-state index contributed by atoms with van der Waals surface area (Å²) in [4.78, 5) is 11.6. The molecule has 17 heavy (non-hydrogen) atoms. The fourth-order valence-electron chi connectivity index (χ4n) is 1.33. The summed E-state index contributed by atoms with van der Waals surface area (Å²) in [5.41, 5.74) is 5.31. The summed E-state index contributed by atoms with van der Waals surface area (Å²) >= 11 is 0. The smallest absolute Gasteiger partial charge is 0.239 e. The van der Waals surface area contributed by atoms with Gasteiger partial charge in [0, 0.05) is 32.0 Å². The maximum Gasteiger partial charge on any atom is 0.239 e. The van der Waals surface area contributed by atoms with Crippen molar-refractivity contribution in [1.82, 2.24) is 15.2 Å². The van der Waals surface area contributed by atoms with Crippen molar-refractivity contribution in [3.05, 3.63) is 24.5 Å². The van der Waals surface area contributed by atoms with Gasteiger partial charge in [0.15, 0.2) is 0 Å². The van der Waals surface area contributed by atoms with Crippen LogP contribution in [-0.4, -0.2) is 36.7 Å². The Balaban J connectivity index is 0.00000121. The highest BCUT2D eigenvalue weighted by molar-refractivity contribution is 5.81. The average Bonchev–Trinajstić information content (AvgIpc) is 2.88. The third-order valence-corrected chi connectivity index (χ3v) is 2.17. The van der Waals surface area contributed by atoms with Crippen molar-refractivity contribution in [2.75, 3.05) is 20.1 Å². The molecule has 0 saturated carbocycles. The molecule has 0 fully saturated rings. The lowest BCUT2D eigenvalue weighted by atomic mass is 10.2. The lowest BCUT2D eigenvalue weighted by Crippen LogP contribution is -2.46. The Hall–Kier alpha value is -1.33. The van der Waals surface area contributed by atoms with Crippen LogP contribution in [0.4, 0.5) is 0 Å². The maximum absolute atomic E-state index is 11.6. The second-order valence-electron chi connectivity index (χ2n) is 3.30. The molecule has 1 heterocycles. The Morgan fingerprint density at radius 2 is 1.94 bits per heavy atom. The molecule has 0 aliphatic heterocycles. The number of rotatable bonds is 6. The van der Waals surface area contributed by atoms with E-state index in [1.807, 2.05) is 42.9 Å². The average molecular weight is 240 g/mol. The largest absolute Gasteiger partial charge is 0.353 e. The molecular weight excluding hydrogens is 216 g/mol. The molecule has 1 atom stereocenters. The minimum atomic E-state index is -0.219. The summed E-state index contributed by atoms with van der Waals surface area (Å²) in [6, 6.07) is 3.65. The Morgan fingerprint density at radius 3 is 2.41 bits per heavy atom. The van der Waals surface area contributed by atoms with Crippen molar-refractivity contribution < 1.29 is 4.79 Å². The molecule has 1 rings (SSSR count). The zero-order chi connectivity index (χ0) is 13.1. The van der Waals surface area contributed by atoms with Crippen molar-refractivity contribution in [3.8, 4) is 0 Å². The van der Waals surface area contributed by atoms with Gasteiger partial charge in [0.2, 0.25) is 5.91 Å². The maximum atomic E-state index is 11.6. The monoisotopic (exact) mass is 240 g/mol. The molecule has 5 nitrogen and oxygen atoms in total. The molecule has 4 N–H and O–H groups in total. The van der Waals surface area contributed by atoms with E-state index in [-0.39, 0.29) is 11.9 Å². The molecule has 0 bridgehead atoms. The van der Waals surface area contributed by atoms with E-state index < -0.39 is 0 Å². The minimum absolute atomic E-state index is 0.0170. The van der Waals surface area contributed by atoms with E-state index in [2.05, 4.69) is 10.6 Å². The van der Waals surface area contributed by atoms with Gasteiger partial charge >= 0.3 is 0 Å². The van der Waals surface area contributed by atoms with Crippen molar-refractivity contribution >= 4 is 5.91 Å². The van der Waals surface area contributed by atoms with E-state index in [1.54, 1.807) is 7.05 Å². The molecule has 0 aromatic carbocycles. The van der Waals surface area contributed by atoms with E-state index in [1.165, 1.54) is 0 Å². The quantitative estimate of drug-likeness (QED) is 0.664. The highest BCUT2D eigenvalue weighted by Crippen LogP contribution is 1.94. The predicted octanol–water partition coefficient (Wildman–Crippen LogP) is 0.177. The SMILES string of the molecule is CC.CNC(Cn1cccc1)C(=O)NCCN. The van der Waals surface area contributed by atoms with Crippen LogP contribution in [0.25, 0.3) is 0 Å². The van der Waals surface area contributed by atoms with Crippen LogP contribution in [0.1, 0.15) is 13.8 Å². The van der Waals surface area contributed by atoms with Gasteiger partial charge in [0.05, 0.1) is 0 Å². The van der Waals surface area contributed by atoms with E-state index in [9.17, 15) is 4.79 Å². The summed E-state index contributed by atoms with van der Waals surface area (Å²) in [5, 5.41) is 5.73. The highest BCUT2D eigenvalue weighted by Gasteiger charge is 2.15. The second-order valence-corrected chi connectivity index (χ2v) is 3.30. The first-order chi connectivity index (χ1) is 8.27. The van der Waals surface area contributed by atoms with Gasteiger partial charge in [0.1, 0.15) is 6.04 Å². The van der Waals surface area contributed by atoms with E-state index in [0.717, 1.165) is 0 Å². The Bertz CT molecular complexity index is 285. The summed E-state index contributed by atoms with van der Waals surface area (Å²) in [6.45, 7) is 5.61. The summed E-state index contributed by atoms with van der Waals surface area (Å²) in [7, 11) is 1.77. The zero-order valence-corrected chi connectivity index (χ0v) is 10.9. The van der Waals surface area contributed by atoms with Crippen LogP contribution in [0.3, 0.4) is 0 Å². The zero-order valence-electron chi connectivity index (χ0n) is 10.9. The van der Waals surface area contributed by atoms with Gasteiger partial charge in [-0.1, -0.05) is 13.8 Å². The van der Waals surface area contributed by atoms with E-state index >= 15 is 0 Å². The molecule has 1 aromatic heterocycles. The number of nitrogens with one attached hydrogen (secondary N) is 2. The summed E-state index contributed by atoms with van der Waals surface area (Å²) < 4.78 is 1.96. The number of hydrogen-bond acceptors (Lipinski definition) is 3. The molecule has 0 aliphatic carbocycles. The van der Waals surface area contributed by atoms with Crippen LogP contribution in [0, 0.1) is 0 Å². The number of carbonyl (C=O) groups is 1. The number of likely N-dealkylation sites (N-methyl/N-ethyl adjacent to an activating group) is 1. The van der Waals surface area contributed by atoms with Crippen molar-refractivity contribution in [1.29, 1.82) is 0 Å². The minimum Gasteiger partial charge on any atom is -0.353 e. The van der Waals surface area contributed by atoms with Crippen LogP contribution < -0.4 is 16.4 Å². The molecular formula is C12H24N4O. The standard InChI is InChI=1S/C10H18N4O.C2H6/c1-12-9(10(15)13-5-4-11)8-14-6-2-3-7-14;1-2/h2-3,6-7,9,12H,4-5,8,11H2,1H3,(H,13,15);1-2H3. The van der Waals surface area contributed by atoms with Gasteiger partial charge in [-0.15, -0.1) is 0 Å². The number of amides is 1. The molecule has 0 saturated heterocycles. The van der Waals surface area contributed by atoms with Gasteiger partial charge in [-0.3, -0.25) is 4.79 Å². The molecule has 1 amide bonds. The number of nitrogens with zero attached hydrogens (tertiary/aromatic N) is 1. The van der Waals surface area contributed by atoms with Crippen LogP contribution in [0.2, 0.25) is 0 Å². The van der Waals surface area contributed by atoms with Crippen LogP contribution in [0.5, 0.6) is 0 Å². The normalized spacial score (nSPS) is 11.3. The van der Waals surface area contributed by atoms with Gasteiger partial charge in [0.25, 0.3) is 0 Å². The molecule has 1 unspecified atom stereocenters. The van der Waals surface area contributed by atoms with Gasteiger partial charge in [-0.25, -0.2) is 0 Å². The molecule has 0 spiro atoms. The van der Waals surface area contributed by atoms with E-state index in [0.29, 0.717) is 19.6 Å². The van der Waals surface area contributed by atoms with Crippen molar-refractivity contribution in [2.45, 2.75) is 26.4 Å². The molecule has 0 aliphatic rings. The van der Waals surface area contributed by atoms with Crippen LogP contribution in [0.15, 0.2) is 24.5 Å². The first-order valence-electron chi connectivity index (χ1n) is 6.03. The third kappa shape index (κ3) is 6.09. The van der Waals surface area contributed by atoms with Crippen molar-refractivity contribution in [2.24, 2.45) is 5.73 Å². The fraction of sp³-hybridized carbons (Fsp3) is 0.583. The highest BCUT2D eigenvalue weighted by atomic mass is 16.2. The lowest BCUT2D eigenvalue weighted by molar-refractivity contribution is -0.123. The first-order valence-corrected chi connectivity index (χ1v) is 6.03. The van der Waals surface area contributed by atoms with E-state index in [4.69, 9.17) is 5.73 Å². The molecule has 0 radical (unpaired) electrons. The topological polar surface area (TPSA) is 72.1 Å². The lowest BCUT2D eigenvalue weighted by Gasteiger charge is -2.16. The number of aromatic nitrogens is 1. The summed E-state index contributed by atoms with van der Waals surface area (Å²) in [6.07, 6.45) is 3.86. The molecule has 98 valence electrons. The third-order valence-electron chi connectivity index (χ3n) is 2.17. The number of carbonyl (C=O) groups excluding carboxylic acids is 1. The van der Waals surface area contributed by atoms with Crippen molar-refractivity contribution in [3.63, 3.8) is 0 Å². The Morgan fingerprint density at radius 1 is 1.35 bits per heavy atom. The predicted molar refractivity (Wildman–Crippen MR) is 70.7 cm³/mol. The van der Waals surface area contributed by atoms with Gasteiger partial charge < -0.3 is 20.9 Å². The number of hydrogen-bond donors (Lipinski definition) is 3. The molecule has 5 heteroatoms. The van der Waals surface area contributed by atoms with Crippen LogP contribution >= 0.6 is 0 Å². The Labute approximate surface area is 103 Å². The molecule has 1 aromatic rings. The number of nitrogens with two attached hydrogens (primary N) is 1. The van der Waals surface area contributed by atoms with Gasteiger partial charge in [-0.2, -0.15) is 0 Å². The first kappa shape index (κ1) is 15.7. The second kappa shape index (κ2) is 9.86. The van der Waals surface area contributed by atoms with Crippen LogP contribution in [-0.2, 0) is 11.3 Å². The summed E-state index contributed by atoms with van der Waals surface area (Å²) in [5.74, 6) is -0.0170. The van der Waals surface area contributed by atoms with Gasteiger partial charge in [-0.05, 0) is 19.2 Å². The fourth-order valence-corrected chi connectivity index (χ4v) is 1.33. The Kier molecular flexibility index (Phi) is 9.09.